The molecule has 0 saturated heterocycles. The van der Waals surface area contributed by atoms with E-state index in [1.165, 1.54) is 43.0 Å². The number of para-hydroxylation sites is 2. The van der Waals surface area contributed by atoms with Crippen molar-refractivity contribution in [3.05, 3.63) is 205 Å². The number of ether oxygens (including phenoxy) is 2. The molecule has 55 heavy (non-hydrogen) atoms. The summed E-state index contributed by atoms with van der Waals surface area (Å²) in [5, 5.41) is 17.7. The summed E-state index contributed by atoms with van der Waals surface area (Å²) in [5.74, 6) is 2.02. The minimum atomic E-state index is -0.824. The number of nitrogens with zero attached hydrogens (tertiary/aromatic N) is 1. The maximum atomic E-state index is 9.85. The number of hydrogen-bond acceptors (Lipinski definition) is 4. The van der Waals surface area contributed by atoms with Crippen LogP contribution in [0.2, 0.25) is 0 Å². The molecule has 7 heteroatoms. The van der Waals surface area contributed by atoms with E-state index in [-0.39, 0.29) is 25.8 Å². The van der Waals surface area contributed by atoms with Gasteiger partial charge in [0.1, 0.15) is 17.6 Å². The minimum absolute atomic E-state index is 0. The third-order valence-corrected chi connectivity index (χ3v) is 14.2. The van der Waals surface area contributed by atoms with Gasteiger partial charge in [-0.05, 0) is 37.1 Å². The molecule has 0 amide bonds. The molecule has 0 N–H and O–H groups in total. The van der Waals surface area contributed by atoms with Gasteiger partial charge in [-0.1, -0.05) is 172 Å². The molecule has 0 saturated carbocycles. The number of hydrogen-bond donors (Lipinski definition) is 0. The Morgan fingerprint density at radius 2 is 0.909 bits per heavy atom. The predicted octanol–water partition coefficient (Wildman–Crippen LogP) is 7.85. The van der Waals surface area contributed by atoms with Crippen LogP contribution in [0, 0.1) is 6.07 Å². The minimum Gasteiger partial charge on any atom is -0.599 e. The van der Waals surface area contributed by atoms with Gasteiger partial charge in [0.25, 0.3) is 0 Å². The van der Waals surface area contributed by atoms with Crippen LogP contribution in [0.15, 0.2) is 193 Å². The molecule has 0 aromatic heterocycles. The van der Waals surface area contributed by atoms with E-state index in [4.69, 9.17) is 4.74 Å². The summed E-state index contributed by atoms with van der Waals surface area (Å²) >= 11 is 0. The van der Waals surface area contributed by atoms with Gasteiger partial charge < -0.3 is 14.6 Å². The summed E-state index contributed by atoms with van der Waals surface area (Å²) < 4.78 is 11.6. The van der Waals surface area contributed by atoms with Gasteiger partial charge in [0.15, 0.2) is 0 Å². The largest absolute Gasteiger partial charge is 2.00 e. The second kappa shape index (κ2) is 19.1. The molecule has 7 aromatic carbocycles. The molecule has 0 fully saturated rings. The molecule has 0 spiro atoms. The van der Waals surface area contributed by atoms with Crippen LogP contribution < -0.4 is 41.7 Å². The van der Waals surface area contributed by atoms with Gasteiger partial charge in [-0.3, -0.25) is 4.99 Å². The van der Waals surface area contributed by atoms with Crippen LogP contribution in [0.25, 0.3) is 0 Å². The maximum Gasteiger partial charge on any atom is 2.00 e. The first-order valence-electron chi connectivity index (χ1n) is 18.0. The Balaban J connectivity index is 0.000000337. The third kappa shape index (κ3) is 9.33. The first kappa shape index (κ1) is 39.8. The van der Waals surface area contributed by atoms with Crippen molar-refractivity contribution in [3.63, 3.8) is 0 Å². The van der Waals surface area contributed by atoms with Crippen LogP contribution >= 0.6 is 15.8 Å². The normalized spacial score (nSPS) is 13.2. The van der Waals surface area contributed by atoms with Gasteiger partial charge in [-0.15, -0.1) is 0 Å². The molecule has 2 aliphatic heterocycles. The fourth-order valence-electron chi connectivity index (χ4n) is 6.67. The van der Waals surface area contributed by atoms with Crippen LogP contribution in [0.5, 0.6) is 11.5 Å². The molecule has 0 atom stereocenters. The van der Waals surface area contributed by atoms with Gasteiger partial charge in [-0.25, -0.2) is 0 Å². The van der Waals surface area contributed by atoms with Crippen LogP contribution in [0.1, 0.15) is 25.0 Å². The quantitative estimate of drug-likeness (QED) is 0.0975. The zero-order chi connectivity index (χ0) is 37.2. The zero-order valence-corrected chi connectivity index (χ0v) is 34.0. The van der Waals surface area contributed by atoms with Gasteiger partial charge >= 0.3 is 20.4 Å². The molecule has 0 bridgehead atoms. The maximum absolute atomic E-state index is 9.85. The van der Waals surface area contributed by atoms with Crippen LogP contribution in [0.4, 0.5) is 0 Å². The molecule has 0 aliphatic carbocycles. The first-order chi connectivity index (χ1) is 26.5. The van der Waals surface area contributed by atoms with Crippen LogP contribution in [0.3, 0.4) is 0 Å². The topological polar surface area (TPSA) is 53.9 Å². The number of benzene rings is 7. The summed E-state index contributed by atoms with van der Waals surface area (Å²) in [7, 11) is -1.65. The third-order valence-electron chi connectivity index (χ3n) is 9.24. The molecule has 9 rings (SSSR count). The van der Waals surface area contributed by atoms with E-state index >= 15 is 0 Å². The summed E-state index contributed by atoms with van der Waals surface area (Å²) in [4.78, 5) is 3.38. The summed E-state index contributed by atoms with van der Waals surface area (Å²) in [6.45, 7) is 5.71. The molecular formula is C48H41NO3P2Pd. The Morgan fingerprint density at radius 1 is 0.527 bits per heavy atom. The standard InChI is InChI=1S/C39H32OP2.C6H5.C3H5NO2.Pd/c1-39(2)33-25-15-27-35(41(29-17-7-3-8-18-29)30-19-9-4-10-20-30)37(33)40-38-34(39)26-16-28-36(38)42(31-21-11-5-12-22-31)32-23-13-6-14-24-32;1-2-4-6-5-3-1;5-3-4-1-2-6-3;/h3-28H,1-2H3;1-5H;1-2H2,(H,4,5);/q;-1;;+2/p-1. The summed E-state index contributed by atoms with van der Waals surface area (Å²) in [6.07, 6.45) is -0.421. The molecule has 2 aliphatic rings. The van der Waals surface area contributed by atoms with E-state index in [1.807, 2.05) is 30.3 Å². The molecule has 2 heterocycles. The SMILES string of the molecule is CC1(C)c2cccc(P(c3ccccc3)c3ccccc3)c2Oc2c(P(c3ccccc3)c3ccccc3)cccc21.[O-]C1=NCCO1.[Pd+2].[c-]1ccccc1. The Bertz CT molecular complexity index is 2030. The van der Waals surface area contributed by atoms with E-state index in [0.29, 0.717) is 13.2 Å². The first-order valence-corrected chi connectivity index (χ1v) is 20.7. The predicted molar refractivity (Wildman–Crippen MR) is 226 cm³/mol. The van der Waals surface area contributed by atoms with E-state index < -0.39 is 21.9 Å². The van der Waals surface area contributed by atoms with Crippen molar-refractivity contribution in [3.8, 4) is 11.5 Å². The van der Waals surface area contributed by atoms with Gasteiger partial charge in [0.2, 0.25) is 0 Å². The van der Waals surface area contributed by atoms with E-state index in [9.17, 15) is 5.11 Å². The molecule has 7 aromatic rings. The average molecular weight is 848 g/mol. The van der Waals surface area contributed by atoms with Crippen LogP contribution in [-0.4, -0.2) is 19.2 Å². The zero-order valence-electron chi connectivity index (χ0n) is 30.7. The number of rotatable bonds is 6. The molecule has 276 valence electrons. The van der Waals surface area contributed by atoms with Crippen molar-refractivity contribution in [1.29, 1.82) is 0 Å². The smallest absolute Gasteiger partial charge is 0.599 e. The molecule has 0 unspecified atom stereocenters. The van der Waals surface area contributed by atoms with Crippen molar-refractivity contribution < 1.29 is 35.0 Å². The Labute approximate surface area is 341 Å². The van der Waals surface area contributed by atoms with Crippen molar-refractivity contribution in [1.82, 2.24) is 0 Å². The van der Waals surface area contributed by atoms with Gasteiger partial charge in [-0.2, -0.15) is 36.4 Å². The van der Waals surface area contributed by atoms with Crippen molar-refractivity contribution in [2.75, 3.05) is 13.2 Å². The van der Waals surface area contributed by atoms with E-state index in [1.54, 1.807) is 0 Å². The fraction of sp³-hybridized carbons (Fsp3) is 0.104. The second-order valence-electron chi connectivity index (χ2n) is 13.1. The van der Waals surface area contributed by atoms with Crippen LogP contribution in [-0.2, 0) is 30.6 Å². The Morgan fingerprint density at radius 3 is 1.18 bits per heavy atom. The van der Waals surface area contributed by atoms with Crippen molar-refractivity contribution >= 4 is 53.8 Å². The second-order valence-corrected chi connectivity index (χ2v) is 17.5. The average Bonchev–Trinajstić information content (AvgIpc) is 3.72. The fourth-order valence-corrected chi connectivity index (χ4v) is 11.5. The molecular weight excluding hydrogens is 807 g/mol. The Hall–Kier alpha value is -4.87. The Kier molecular flexibility index (Phi) is 13.8. The van der Waals surface area contributed by atoms with Crippen molar-refractivity contribution in [2.45, 2.75) is 19.3 Å². The van der Waals surface area contributed by atoms with Gasteiger partial charge in [0.05, 0.1) is 6.54 Å². The van der Waals surface area contributed by atoms with E-state index in [2.05, 4.69) is 187 Å². The van der Waals surface area contributed by atoms with Gasteiger partial charge in [0, 0.05) is 33.8 Å². The summed E-state index contributed by atoms with van der Waals surface area (Å²) in [5.41, 5.74) is 2.26. The number of fused-ring (bicyclic) bond motifs is 2. The summed E-state index contributed by atoms with van der Waals surface area (Å²) in [6, 6.07) is 69.7. The monoisotopic (exact) mass is 847 g/mol. The number of aliphatic imine (C=N–C) groups is 1. The molecule has 0 radical (unpaired) electrons. The molecule has 4 nitrogen and oxygen atoms in total. The van der Waals surface area contributed by atoms with E-state index in [0.717, 1.165) is 11.5 Å². The van der Waals surface area contributed by atoms with Crippen molar-refractivity contribution in [2.24, 2.45) is 4.99 Å².